The van der Waals surface area contributed by atoms with Gasteiger partial charge in [0, 0.05) is 18.3 Å². The van der Waals surface area contributed by atoms with Gasteiger partial charge in [-0.25, -0.2) is 0 Å². The number of halogens is 1. The van der Waals surface area contributed by atoms with Crippen molar-refractivity contribution in [2.75, 3.05) is 10.6 Å². The van der Waals surface area contributed by atoms with Crippen LogP contribution >= 0.6 is 12.4 Å². The highest BCUT2D eigenvalue weighted by Crippen LogP contribution is 2.28. The fourth-order valence-electron chi connectivity index (χ4n) is 2.33. The third-order valence-electron chi connectivity index (χ3n) is 3.41. The van der Waals surface area contributed by atoms with Gasteiger partial charge in [0.2, 0.25) is 11.8 Å². The van der Waals surface area contributed by atoms with Gasteiger partial charge in [0.25, 0.3) is 0 Å². The summed E-state index contributed by atoms with van der Waals surface area (Å²) < 4.78 is 0. The predicted octanol–water partition coefficient (Wildman–Crippen LogP) is 2.28. The molecule has 1 aliphatic carbocycles. The molecule has 0 bridgehead atoms. The molecule has 0 aliphatic heterocycles. The number of hydrogen-bond acceptors (Lipinski definition) is 3. The van der Waals surface area contributed by atoms with Gasteiger partial charge in [0.05, 0.1) is 5.54 Å². The topological polar surface area (TPSA) is 84.2 Å². The average Bonchev–Trinajstić information content (AvgIpc) is 2.79. The van der Waals surface area contributed by atoms with E-state index in [1.165, 1.54) is 6.92 Å². The van der Waals surface area contributed by atoms with E-state index >= 15 is 0 Å². The Morgan fingerprint density at radius 1 is 1.05 bits per heavy atom. The van der Waals surface area contributed by atoms with Crippen LogP contribution < -0.4 is 16.4 Å². The van der Waals surface area contributed by atoms with Gasteiger partial charge in [0.1, 0.15) is 0 Å². The van der Waals surface area contributed by atoms with Crippen LogP contribution in [0.2, 0.25) is 0 Å². The molecule has 1 aliphatic rings. The van der Waals surface area contributed by atoms with Crippen molar-refractivity contribution in [3.05, 3.63) is 24.3 Å². The summed E-state index contributed by atoms with van der Waals surface area (Å²) in [6.07, 6.45) is 3.49. The van der Waals surface area contributed by atoms with Crippen LogP contribution in [0.4, 0.5) is 11.4 Å². The summed E-state index contributed by atoms with van der Waals surface area (Å²) in [5.41, 5.74) is 6.74. The first-order valence-corrected chi connectivity index (χ1v) is 6.48. The van der Waals surface area contributed by atoms with Crippen LogP contribution in [0.3, 0.4) is 0 Å². The maximum absolute atomic E-state index is 12.1. The molecule has 6 heteroatoms. The lowest BCUT2D eigenvalue weighted by Gasteiger charge is -2.22. The van der Waals surface area contributed by atoms with E-state index in [0.717, 1.165) is 25.7 Å². The normalized spacial score (nSPS) is 16.1. The summed E-state index contributed by atoms with van der Waals surface area (Å²) in [4.78, 5) is 23.0. The van der Waals surface area contributed by atoms with Crippen LogP contribution in [-0.2, 0) is 9.59 Å². The van der Waals surface area contributed by atoms with Crippen molar-refractivity contribution >= 4 is 35.6 Å². The van der Waals surface area contributed by atoms with Gasteiger partial charge >= 0.3 is 0 Å². The maximum atomic E-state index is 12.1. The molecular formula is C14H20ClN3O2. The first kappa shape index (κ1) is 16.5. The minimum atomic E-state index is -0.726. The molecular weight excluding hydrogens is 278 g/mol. The van der Waals surface area contributed by atoms with Crippen molar-refractivity contribution < 1.29 is 9.59 Å². The molecule has 1 aromatic rings. The van der Waals surface area contributed by atoms with Crippen LogP contribution in [0.5, 0.6) is 0 Å². The molecule has 0 aromatic heterocycles. The Bertz CT molecular complexity index is 482. The lowest BCUT2D eigenvalue weighted by atomic mass is 9.98. The standard InChI is InChI=1S/C14H19N3O2.ClH/c1-10(18)16-11-4-6-12(7-5-11)17-13(19)14(15)8-2-3-9-14;/h4-7H,2-3,8-9,15H2,1H3,(H,16,18)(H,17,19);1H. The maximum Gasteiger partial charge on any atom is 0.244 e. The summed E-state index contributed by atoms with van der Waals surface area (Å²) in [5.74, 6) is -0.249. The molecule has 0 spiro atoms. The van der Waals surface area contributed by atoms with Crippen LogP contribution in [0, 0.1) is 0 Å². The Kier molecular flexibility index (Phi) is 5.53. The van der Waals surface area contributed by atoms with Crippen LogP contribution in [0.25, 0.3) is 0 Å². The molecule has 1 saturated carbocycles. The van der Waals surface area contributed by atoms with Crippen molar-refractivity contribution in [3.8, 4) is 0 Å². The van der Waals surface area contributed by atoms with Crippen molar-refractivity contribution in [2.45, 2.75) is 38.1 Å². The number of nitrogens with two attached hydrogens (primary N) is 1. The lowest BCUT2D eigenvalue weighted by molar-refractivity contribution is -0.121. The van der Waals surface area contributed by atoms with Crippen molar-refractivity contribution in [3.63, 3.8) is 0 Å². The minimum Gasteiger partial charge on any atom is -0.326 e. The second-order valence-electron chi connectivity index (χ2n) is 5.08. The van der Waals surface area contributed by atoms with Crippen molar-refractivity contribution in [1.82, 2.24) is 0 Å². The van der Waals surface area contributed by atoms with E-state index < -0.39 is 5.54 Å². The van der Waals surface area contributed by atoms with Gasteiger partial charge in [-0.1, -0.05) is 12.8 Å². The lowest BCUT2D eigenvalue weighted by Crippen LogP contribution is -2.48. The van der Waals surface area contributed by atoms with Crippen molar-refractivity contribution in [2.24, 2.45) is 5.73 Å². The molecule has 0 unspecified atom stereocenters. The first-order chi connectivity index (χ1) is 8.99. The second-order valence-corrected chi connectivity index (χ2v) is 5.08. The Morgan fingerprint density at radius 3 is 1.95 bits per heavy atom. The quantitative estimate of drug-likeness (QED) is 0.800. The minimum absolute atomic E-state index is 0. The monoisotopic (exact) mass is 297 g/mol. The second kappa shape index (κ2) is 6.72. The highest BCUT2D eigenvalue weighted by atomic mass is 35.5. The molecule has 0 atom stereocenters. The molecule has 2 amide bonds. The van der Waals surface area contributed by atoms with E-state index in [4.69, 9.17) is 5.73 Å². The molecule has 0 radical (unpaired) electrons. The molecule has 2 rings (SSSR count). The molecule has 0 saturated heterocycles. The summed E-state index contributed by atoms with van der Waals surface area (Å²) in [5, 5.41) is 5.50. The number of benzene rings is 1. The van der Waals surface area contributed by atoms with Gasteiger partial charge < -0.3 is 16.4 Å². The SMILES string of the molecule is CC(=O)Nc1ccc(NC(=O)C2(N)CCCC2)cc1.Cl. The highest BCUT2D eigenvalue weighted by molar-refractivity contribution is 5.98. The average molecular weight is 298 g/mol. The number of nitrogens with one attached hydrogen (secondary N) is 2. The Morgan fingerprint density at radius 2 is 1.50 bits per heavy atom. The fraction of sp³-hybridized carbons (Fsp3) is 0.429. The van der Waals surface area contributed by atoms with E-state index in [-0.39, 0.29) is 24.2 Å². The van der Waals surface area contributed by atoms with Crippen LogP contribution in [0.15, 0.2) is 24.3 Å². The van der Waals surface area contributed by atoms with E-state index in [0.29, 0.717) is 11.4 Å². The first-order valence-electron chi connectivity index (χ1n) is 6.48. The number of hydrogen-bond donors (Lipinski definition) is 3. The smallest absolute Gasteiger partial charge is 0.244 e. The van der Waals surface area contributed by atoms with E-state index in [1.54, 1.807) is 24.3 Å². The molecule has 1 fully saturated rings. The third-order valence-corrected chi connectivity index (χ3v) is 3.41. The highest BCUT2D eigenvalue weighted by Gasteiger charge is 2.36. The zero-order valence-corrected chi connectivity index (χ0v) is 12.3. The number of rotatable bonds is 3. The molecule has 110 valence electrons. The van der Waals surface area contributed by atoms with Crippen molar-refractivity contribution in [1.29, 1.82) is 0 Å². The number of carbonyl (C=O) groups is 2. The van der Waals surface area contributed by atoms with E-state index in [2.05, 4.69) is 10.6 Å². The Hall–Kier alpha value is -1.59. The molecule has 0 heterocycles. The number of carbonyl (C=O) groups excluding carboxylic acids is 2. The predicted molar refractivity (Wildman–Crippen MR) is 82.0 cm³/mol. The van der Waals surface area contributed by atoms with Gasteiger partial charge in [0.15, 0.2) is 0 Å². The summed E-state index contributed by atoms with van der Waals surface area (Å²) in [7, 11) is 0. The van der Waals surface area contributed by atoms with Gasteiger partial charge in [-0.3, -0.25) is 9.59 Å². The molecule has 1 aromatic carbocycles. The largest absolute Gasteiger partial charge is 0.326 e. The zero-order valence-electron chi connectivity index (χ0n) is 11.4. The Balaban J connectivity index is 0.00000200. The third kappa shape index (κ3) is 3.95. The summed E-state index contributed by atoms with van der Waals surface area (Å²) >= 11 is 0. The summed E-state index contributed by atoms with van der Waals surface area (Å²) in [6, 6.07) is 6.99. The van der Waals surface area contributed by atoms with Crippen LogP contribution in [0.1, 0.15) is 32.6 Å². The molecule has 4 N–H and O–H groups in total. The van der Waals surface area contributed by atoms with Gasteiger partial charge in [-0.05, 0) is 37.1 Å². The number of amides is 2. The number of anilines is 2. The van der Waals surface area contributed by atoms with Gasteiger partial charge in [-0.2, -0.15) is 0 Å². The summed E-state index contributed by atoms with van der Waals surface area (Å²) in [6.45, 7) is 1.45. The fourth-order valence-corrected chi connectivity index (χ4v) is 2.33. The molecule has 5 nitrogen and oxygen atoms in total. The van der Waals surface area contributed by atoms with E-state index in [1.807, 2.05) is 0 Å². The van der Waals surface area contributed by atoms with E-state index in [9.17, 15) is 9.59 Å². The Labute approximate surface area is 124 Å². The molecule has 20 heavy (non-hydrogen) atoms. The van der Waals surface area contributed by atoms with Gasteiger partial charge in [-0.15, -0.1) is 12.4 Å². The van der Waals surface area contributed by atoms with Crippen LogP contribution in [-0.4, -0.2) is 17.4 Å². The zero-order chi connectivity index (χ0) is 13.9.